The summed E-state index contributed by atoms with van der Waals surface area (Å²) in [5.41, 5.74) is 9.24. The molecular weight excluding hydrogens is 705 g/mol. The third-order valence-corrected chi connectivity index (χ3v) is 0.0393. The van der Waals surface area contributed by atoms with Crippen molar-refractivity contribution in [2.75, 3.05) is 0 Å². The second kappa shape index (κ2) is 1060. The average molecular weight is 812 g/mol. The number of carbonyl (C=O) groups excluding carboxylic acids is 1. The normalized spacial score (nSPS) is 1.51. The van der Waals surface area contributed by atoms with E-state index in [4.69, 9.17) is 10.1 Å². The van der Waals surface area contributed by atoms with E-state index in [1.165, 1.54) is 0 Å². The summed E-state index contributed by atoms with van der Waals surface area (Å²) in [5, 5.41) is 8.43. The second-order valence-electron chi connectivity index (χ2n) is 0.648. The average Bonchev–Trinajstić information content (AvgIpc) is 1.88. The molecule has 0 spiro atoms. The summed E-state index contributed by atoms with van der Waals surface area (Å²) in [4.78, 5) is 11.2. The molecule has 0 aliphatic heterocycles. The van der Waals surface area contributed by atoms with Crippen LogP contribution in [0.4, 0.5) is 0 Å². The third-order valence-electron chi connectivity index (χ3n) is 0.0393. The molecule has 0 radical (unpaired) electrons. The molecule has 39 heavy (non-hydrogen) atoms. The van der Waals surface area contributed by atoms with Gasteiger partial charge in [0.15, 0.2) is 5.11 Å². The predicted molar refractivity (Wildman–Crippen MR) is 220 cm³/mol. The van der Waals surface area contributed by atoms with E-state index in [2.05, 4.69) is 53.6 Å². The molecule has 0 aromatic heterocycles. The zero-order valence-corrected chi connectivity index (χ0v) is 12.4. The first-order valence-corrected chi connectivity index (χ1v) is 4.92. The molecule has 12 heteroatoms. The van der Waals surface area contributed by atoms with Crippen molar-refractivity contribution in [1.29, 1.82) is 0 Å². The molecule has 0 unspecified atom stereocenters. The Kier molecular flexibility index (Phi) is 19400. The summed E-state index contributed by atoms with van der Waals surface area (Å²) in [6.45, 7) is -0.181. The maximum absolute atomic E-state index is 8.64. The van der Waals surface area contributed by atoms with Gasteiger partial charge in [0.05, 0.1) is 0 Å². The van der Waals surface area contributed by atoms with Crippen molar-refractivity contribution < 1.29 is 61.8 Å². The Bertz CT molecular complexity index is 166. The molecule has 0 bridgehead atoms. The van der Waals surface area contributed by atoms with Gasteiger partial charge in [-0.15, -0.1) is 0 Å². The van der Waals surface area contributed by atoms with Crippen LogP contribution in [0.1, 0.15) is 186 Å². The van der Waals surface area contributed by atoms with Crippen LogP contribution >= 0.6 is 12.2 Å². The van der Waals surface area contributed by atoms with Crippen LogP contribution in [0.25, 0.3) is 0 Å². The zero-order chi connectivity index (χ0) is 9.70. The first-order chi connectivity index (χ1) is 5.06. The quantitative estimate of drug-likeness (QED) is 0.0513. The van der Waals surface area contributed by atoms with Gasteiger partial charge < -0.3 is 35.1 Å². The number of nitrogens with two attached hydrogens (primary N) is 2. The Morgan fingerprint density at radius 1 is 0.564 bits per heavy atom. The summed E-state index contributed by atoms with van der Waals surface area (Å²) >= 11 is 12.1. The Morgan fingerprint density at radius 3 is 0.590 bits per heavy atom. The summed E-state index contributed by atoms with van der Waals surface area (Å²) in [7, 11) is 0.958. The number of thiol groups is 1. The van der Waals surface area contributed by atoms with Crippen LogP contribution in [0.15, 0.2) is 0 Å². The monoisotopic (exact) mass is 809 g/mol. The van der Waals surface area contributed by atoms with Crippen LogP contribution in [0.2, 0.25) is 0 Å². The van der Waals surface area contributed by atoms with Gasteiger partial charge in [-0.25, -0.2) is 0 Å². The minimum atomic E-state index is -0.181. The van der Waals surface area contributed by atoms with Gasteiger partial charge in [0.2, 0.25) is 0 Å². The first kappa shape index (κ1) is 711. The summed E-state index contributed by atoms with van der Waals surface area (Å²) < 4.78 is 0. The number of hydrogen-bond acceptors (Lipinski definition) is 6. The molecule has 0 fully saturated rings. The molecule has 0 aromatic carbocycles. The Balaban J connectivity index is -0.000000000626. The van der Waals surface area contributed by atoms with E-state index in [1.807, 2.05) is 0 Å². The topological polar surface area (TPSA) is 101 Å². The maximum Gasteiger partial charge on any atom is 0 e. The molecule has 0 aliphatic carbocycles. The van der Waals surface area contributed by atoms with Crippen molar-refractivity contribution in [2.24, 2.45) is 11.5 Å². The van der Waals surface area contributed by atoms with Crippen molar-refractivity contribution in [3.8, 4) is 0 Å². The fourth-order valence-corrected chi connectivity index (χ4v) is 0. The fourth-order valence-electron chi connectivity index (χ4n) is 0. The molecular formula is C27H106N2Ni3O3S4-2. The van der Waals surface area contributed by atoms with Crippen LogP contribution < -0.4 is 16.7 Å². The molecule has 298 valence electrons. The van der Waals surface area contributed by atoms with Crippen LogP contribution in [0, 0.1) is 0 Å². The smallest absolute Gasteiger partial charge is 0 e. The molecule has 0 aromatic rings. The van der Waals surface area contributed by atoms with Gasteiger partial charge in [0.1, 0.15) is 0 Å². The van der Waals surface area contributed by atoms with E-state index in [1.54, 1.807) is 0 Å². The Morgan fingerprint density at radius 2 is 0.590 bits per heavy atom. The molecule has 0 amide bonds. The molecule has 0 atom stereocenters. The van der Waals surface area contributed by atoms with Crippen molar-refractivity contribution in [2.45, 2.75) is 186 Å². The van der Waals surface area contributed by atoms with E-state index in [0.29, 0.717) is 0 Å². The summed E-state index contributed by atoms with van der Waals surface area (Å²) in [6, 6.07) is 0. The van der Waals surface area contributed by atoms with Crippen LogP contribution in [0.3, 0.4) is 0 Å². The Labute approximate surface area is 313 Å². The van der Waals surface area contributed by atoms with Gasteiger partial charge in [0.25, 0.3) is 6.47 Å². The molecule has 0 heterocycles. The number of rotatable bonds is 1. The van der Waals surface area contributed by atoms with Gasteiger partial charge in [-0.1, -0.05) is 186 Å². The molecule has 4 N–H and O–H groups in total. The molecule has 0 saturated heterocycles. The SMILES string of the molecule is C.C.C.C.C.C.C.C.C.C.C.C.C.C.C.C.C.C.C.C.C.C.C.C.C.NC(N)=S.O=CO[O-].S=[S]=[Ni].[Ni].[Ni].[SH-]. The van der Waals surface area contributed by atoms with Crippen molar-refractivity contribution >= 4 is 56.8 Å². The standard InChI is InChI=1S/CH4N2S.CH2O3.25CH4.3Ni.S2.H2S/c2-1(3)4;2-1-4-3;;;;;;;;;;;;;;;;;;;;;;;;;;;;;1-2;/h(H4,2,3,4);1,3H;25*1H4;;;;;1H2/p-2. The van der Waals surface area contributed by atoms with Gasteiger partial charge in [0, 0.05) is 33.0 Å². The van der Waals surface area contributed by atoms with Crippen LogP contribution in [-0.4, -0.2) is 11.6 Å². The first-order valence-electron chi connectivity index (χ1n) is 1.72. The van der Waals surface area contributed by atoms with Gasteiger partial charge in [-0.05, 0) is 12.2 Å². The number of hydrogen-bond donors (Lipinski definition) is 2. The van der Waals surface area contributed by atoms with Crippen LogP contribution in [0.5, 0.6) is 0 Å². The molecule has 0 rings (SSSR count). The van der Waals surface area contributed by atoms with Crippen molar-refractivity contribution in [3.05, 3.63) is 0 Å². The van der Waals surface area contributed by atoms with E-state index in [-0.39, 0.29) is 244 Å². The minimum Gasteiger partial charge on any atom is -0.813 e. The molecule has 0 aliphatic rings. The largest absolute Gasteiger partial charge is 0.813 e. The second-order valence-corrected chi connectivity index (χ2v) is 3.02. The zero-order valence-electron chi connectivity index (χ0n) is 6.08. The van der Waals surface area contributed by atoms with Gasteiger partial charge >= 0.3 is 33.4 Å². The van der Waals surface area contributed by atoms with Crippen LogP contribution in [-0.2, 0) is 89.6 Å². The van der Waals surface area contributed by atoms with Gasteiger partial charge in [-0.2, -0.15) is 0 Å². The van der Waals surface area contributed by atoms with E-state index in [9.17, 15) is 0 Å². The number of carbonyl (C=O) groups is 1. The number of thiocarbonyl (C=S) groups is 1. The maximum atomic E-state index is 8.64. The molecule has 5 nitrogen and oxygen atoms in total. The fraction of sp³-hybridized carbons (Fsp3) is 0.926. The van der Waals surface area contributed by atoms with Crippen molar-refractivity contribution in [1.82, 2.24) is 0 Å². The predicted octanol–water partition coefficient (Wildman–Crippen LogP) is 13.2. The third kappa shape index (κ3) is 9640. The minimum absolute atomic E-state index is 0. The van der Waals surface area contributed by atoms with E-state index >= 15 is 0 Å². The van der Waals surface area contributed by atoms with Gasteiger partial charge in [-0.3, -0.25) is 4.79 Å². The summed E-state index contributed by atoms with van der Waals surface area (Å²) in [6.07, 6.45) is 0. The van der Waals surface area contributed by atoms with Crippen molar-refractivity contribution in [3.63, 3.8) is 0 Å². The van der Waals surface area contributed by atoms with E-state index < -0.39 is 0 Å². The Hall–Kier alpha value is 1.39. The summed E-state index contributed by atoms with van der Waals surface area (Å²) in [5.74, 6) is 0. The molecule has 0 saturated carbocycles. The van der Waals surface area contributed by atoms with E-state index in [0.717, 1.165) is 8.35 Å².